The highest BCUT2D eigenvalue weighted by atomic mass is 15.5. The summed E-state index contributed by atoms with van der Waals surface area (Å²) >= 11 is 0. The third-order valence-corrected chi connectivity index (χ3v) is 0.334. The Bertz CT molecular complexity index is 167. The topological polar surface area (TPSA) is 105 Å². The molecule has 0 atom stereocenters. The fraction of sp³-hybridized carbons (Fsp3) is 0.750. The van der Waals surface area contributed by atoms with E-state index in [1.807, 2.05) is 21.1 Å². The molecule has 0 aliphatic rings. The SMILES string of the molecule is C[N+](C)(C)N.Nc1nnn[n-]1. The van der Waals surface area contributed by atoms with Crippen LogP contribution in [-0.4, -0.2) is 41.3 Å². The van der Waals surface area contributed by atoms with Crippen molar-refractivity contribution in [2.45, 2.75) is 0 Å². The Hall–Kier alpha value is -1.21. The molecular weight excluding hydrogens is 146 g/mol. The van der Waals surface area contributed by atoms with Gasteiger partial charge in [-0.15, -0.1) is 5.21 Å². The van der Waals surface area contributed by atoms with Crippen LogP contribution in [0.25, 0.3) is 0 Å². The molecule has 0 aliphatic carbocycles. The molecule has 0 amide bonds. The van der Waals surface area contributed by atoms with Gasteiger partial charge in [0.15, 0.2) is 0 Å². The summed E-state index contributed by atoms with van der Waals surface area (Å²) in [4.78, 5) is 0. The molecule has 0 bridgehead atoms. The van der Waals surface area contributed by atoms with E-state index in [1.54, 1.807) is 0 Å². The van der Waals surface area contributed by atoms with Crippen LogP contribution in [0.4, 0.5) is 5.95 Å². The molecule has 1 heterocycles. The largest absolute Gasteiger partial charge is 0.430 e. The molecular formula is C4H13N7. The zero-order valence-corrected chi connectivity index (χ0v) is 6.89. The third-order valence-electron chi connectivity index (χ3n) is 0.334. The van der Waals surface area contributed by atoms with Gasteiger partial charge in [0.25, 0.3) is 0 Å². The average Bonchev–Trinajstić information content (AvgIpc) is 2.12. The van der Waals surface area contributed by atoms with Crippen molar-refractivity contribution >= 4 is 5.95 Å². The van der Waals surface area contributed by atoms with E-state index in [1.165, 1.54) is 0 Å². The van der Waals surface area contributed by atoms with Crippen LogP contribution in [-0.2, 0) is 0 Å². The quantitative estimate of drug-likeness (QED) is 0.257. The Morgan fingerprint density at radius 2 is 1.82 bits per heavy atom. The van der Waals surface area contributed by atoms with Crippen LogP contribution in [0, 0.1) is 0 Å². The minimum Gasteiger partial charge on any atom is -0.430 e. The molecule has 1 aromatic rings. The number of nitrogens with zero attached hydrogens (tertiary/aromatic N) is 5. The first kappa shape index (κ1) is 9.79. The molecule has 7 nitrogen and oxygen atoms in total. The number of hydrogen-bond donors (Lipinski definition) is 2. The molecule has 11 heavy (non-hydrogen) atoms. The first-order valence-corrected chi connectivity index (χ1v) is 2.94. The highest BCUT2D eigenvalue weighted by molar-refractivity contribution is 5.04. The fourth-order valence-electron chi connectivity index (χ4n) is 0.152. The Labute approximate surface area is 64.9 Å². The van der Waals surface area contributed by atoms with Crippen molar-refractivity contribution in [1.82, 2.24) is 20.6 Å². The van der Waals surface area contributed by atoms with Crippen molar-refractivity contribution in [2.24, 2.45) is 5.84 Å². The number of nitrogen functional groups attached to an aromatic ring is 1. The molecule has 0 saturated carbocycles. The van der Waals surface area contributed by atoms with Crippen LogP contribution < -0.4 is 16.7 Å². The van der Waals surface area contributed by atoms with Gasteiger partial charge in [0.2, 0.25) is 0 Å². The van der Waals surface area contributed by atoms with Crippen molar-refractivity contribution in [2.75, 3.05) is 26.9 Å². The number of nitrogens with two attached hydrogens (primary N) is 2. The van der Waals surface area contributed by atoms with Crippen molar-refractivity contribution in [3.05, 3.63) is 0 Å². The van der Waals surface area contributed by atoms with E-state index in [0.29, 0.717) is 4.59 Å². The molecule has 64 valence electrons. The van der Waals surface area contributed by atoms with E-state index in [2.05, 4.69) is 20.6 Å². The molecule has 1 aromatic heterocycles. The average molecular weight is 159 g/mol. The highest BCUT2D eigenvalue weighted by Gasteiger charge is 1.89. The fourth-order valence-corrected chi connectivity index (χ4v) is 0.152. The van der Waals surface area contributed by atoms with Crippen LogP contribution in [0.15, 0.2) is 0 Å². The van der Waals surface area contributed by atoms with Crippen LogP contribution in [0.1, 0.15) is 0 Å². The van der Waals surface area contributed by atoms with Gasteiger partial charge >= 0.3 is 0 Å². The van der Waals surface area contributed by atoms with Gasteiger partial charge < -0.3 is 5.73 Å². The minimum atomic E-state index is 0.120. The second kappa shape index (κ2) is 3.84. The van der Waals surface area contributed by atoms with Gasteiger partial charge in [-0.05, 0) is 0 Å². The highest BCUT2D eigenvalue weighted by Crippen LogP contribution is 1.70. The van der Waals surface area contributed by atoms with Gasteiger partial charge in [-0.25, -0.2) is 5.10 Å². The Morgan fingerprint density at radius 3 is 1.91 bits per heavy atom. The standard InChI is InChI=1S/C3H11N2.CH2N5/c1-5(2,3)4;2-1-3-5-6-4-1/h4H2,1-3H3;(H2-,2,3,4,5,6)/q+1;-1. The second-order valence-corrected chi connectivity index (χ2v) is 2.85. The Balaban J connectivity index is 0.000000187. The summed E-state index contributed by atoms with van der Waals surface area (Å²) < 4.78 is 0.500. The van der Waals surface area contributed by atoms with E-state index in [0.717, 1.165) is 0 Å². The lowest BCUT2D eigenvalue weighted by Gasteiger charge is -2.12. The summed E-state index contributed by atoms with van der Waals surface area (Å²) in [5.41, 5.74) is 4.93. The lowest BCUT2D eigenvalue weighted by molar-refractivity contribution is -0.882. The second-order valence-electron chi connectivity index (χ2n) is 2.85. The maximum absolute atomic E-state index is 5.29. The molecule has 0 aromatic carbocycles. The predicted molar refractivity (Wildman–Crippen MR) is 39.8 cm³/mol. The zero-order valence-electron chi connectivity index (χ0n) is 6.89. The number of hydrogen-bond acceptors (Lipinski definition) is 5. The van der Waals surface area contributed by atoms with E-state index in [9.17, 15) is 0 Å². The van der Waals surface area contributed by atoms with Crippen molar-refractivity contribution < 1.29 is 4.59 Å². The number of tetrazole rings is 1. The van der Waals surface area contributed by atoms with E-state index >= 15 is 0 Å². The van der Waals surface area contributed by atoms with Crippen LogP contribution in [0.5, 0.6) is 0 Å². The minimum absolute atomic E-state index is 0.120. The molecule has 7 heteroatoms. The number of anilines is 1. The maximum Gasteiger partial charge on any atom is 0.0924 e. The first-order chi connectivity index (χ1) is 4.89. The summed E-state index contributed by atoms with van der Waals surface area (Å²) in [5.74, 6) is 5.41. The molecule has 0 unspecified atom stereocenters. The monoisotopic (exact) mass is 159 g/mol. The van der Waals surface area contributed by atoms with E-state index in [4.69, 9.17) is 11.6 Å². The summed E-state index contributed by atoms with van der Waals surface area (Å²) in [6, 6.07) is 0. The Morgan fingerprint density at radius 1 is 1.36 bits per heavy atom. The summed E-state index contributed by atoms with van der Waals surface area (Å²) in [6.07, 6.45) is 0. The van der Waals surface area contributed by atoms with Crippen molar-refractivity contribution in [3.8, 4) is 0 Å². The van der Waals surface area contributed by atoms with Gasteiger partial charge in [0.1, 0.15) is 0 Å². The normalized spacial score (nSPS) is 10.2. The lowest BCUT2D eigenvalue weighted by Crippen LogP contribution is -2.41. The van der Waals surface area contributed by atoms with E-state index in [-0.39, 0.29) is 5.95 Å². The van der Waals surface area contributed by atoms with Crippen molar-refractivity contribution in [3.63, 3.8) is 0 Å². The first-order valence-electron chi connectivity index (χ1n) is 2.94. The molecule has 0 saturated heterocycles. The molecule has 0 spiro atoms. The van der Waals surface area contributed by atoms with Gasteiger partial charge in [-0.1, -0.05) is 0 Å². The molecule has 4 N–H and O–H groups in total. The van der Waals surface area contributed by atoms with Crippen LogP contribution in [0.2, 0.25) is 0 Å². The molecule has 0 aliphatic heterocycles. The van der Waals surface area contributed by atoms with Gasteiger partial charge in [0, 0.05) is 0 Å². The summed E-state index contributed by atoms with van der Waals surface area (Å²) in [6.45, 7) is 0. The number of quaternary nitrogens is 1. The van der Waals surface area contributed by atoms with E-state index < -0.39 is 0 Å². The molecule has 0 radical (unpaired) electrons. The summed E-state index contributed by atoms with van der Waals surface area (Å²) in [5, 5.41) is 12.6. The van der Waals surface area contributed by atoms with Gasteiger partial charge in [0.05, 0.1) is 27.1 Å². The smallest absolute Gasteiger partial charge is 0.0924 e. The van der Waals surface area contributed by atoms with Gasteiger partial charge in [-0.3, -0.25) is 9.69 Å². The van der Waals surface area contributed by atoms with Gasteiger partial charge in [-0.2, -0.15) is 11.1 Å². The van der Waals surface area contributed by atoms with Crippen LogP contribution in [0.3, 0.4) is 0 Å². The van der Waals surface area contributed by atoms with Crippen LogP contribution >= 0.6 is 0 Å². The zero-order chi connectivity index (χ0) is 8.91. The Kier molecular flexibility index (Phi) is 3.42. The lowest BCUT2D eigenvalue weighted by atomic mass is 10.9. The van der Waals surface area contributed by atoms with Crippen molar-refractivity contribution in [1.29, 1.82) is 0 Å². The molecule has 1 rings (SSSR count). The summed E-state index contributed by atoms with van der Waals surface area (Å²) in [7, 11) is 5.71. The predicted octanol–water partition coefficient (Wildman–Crippen LogP) is -2.02. The third kappa shape index (κ3) is 12.1. The molecule has 0 fully saturated rings. The maximum atomic E-state index is 5.29. The number of rotatable bonds is 0. The number of aromatic nitrogens is 4.